The highest BCUT2D eigenvalue weighted by Crippen LogP contribution is 2.33. The Morgan fingerprint density at radius 2 is 1.21 bits per heavy atom. The van der Waals surface area contributed by atoms with E-state index < -0.39 is 11.6 Å². The molecule has 1 atom stereocenters. The van der Waals surface area contributed by atoms with Crippen molar-refractivity contribution in [3.8, 4) is 22.3 Å². The molecule has 1 aliphatic carbocycles. The van der Waals surface area contributed by atoms with Crippen LogP contribution in [-0.2, 0) is 12.8 Å². The molecule has 0 aliphatic heterocycles. The summed E-state index contributed by atoms with van der Waals surface area (Å²) >= 11 is 0. The second kappa shape index (κ2) is 10.9. The van der Waals surface area contributed by atoms with Crippen molar-refractivity contribution >= 4 is 0 Å². The predicted molar refractivity (Wildman–Crippen MR) is 135 cm³/mol. The van der Waals surface area contributed by atoms with E-state index in [9.17, 15) is 13.2 Å². The average molecular weight is 461 g/mol. The van der Waals surface area contributed by atoms with Crippen LogP contribution in [0, 0.1) is 17.6 Å². The third kappa shape index (κ3) is 5.35. The van der Waals surface area contributed by atoms with Gasteiger partial charge in [-0.2, -0.15) is 0 Å². The van der Waals surface area contributed by atoms with Crippen molar-refractivity contribution in [1.82, 2.24) is 0 Å². The molecular weight excluding hydrogens is 429 g/mol. The molecule has 0 fully saturated rings. The van der Waals surface area contributed by atoms with Gasteiger partial charge < -0.3 is 0 Å². The van der Waals surface area contributed by atoms with E-state index in [4.69, 9.17) is 0 Å². The predicted octanol–water partition coefficient (Wildman–Crippen LogP) is 9.39. The molecule has 0 saturated carbocycles. The number of hydrogen-bond acceptors (Lipinski definition) is 0. The first-order valence-electron chi connectivity index (χ1n) is 12.2. The molecule has 176 valence electrons. The van der Waals surface area contributed by atoms with Crippen molar-refractivity contribution in [3.63, 3.8) is 0 Å². The maximum atomic E-state index is 15.0. The number of hydrogen-bond donors (Lipinski definition) is 0. The molecule has 0 heterocycles. The van der Waals surface area contributed by atoms with Gasteiger partial charge in [0.05, 0.1) is 0 Å². The molecule has 0 saturated heterocycles. The molecular formula is C31H31F3. The highest BCUT2D eigenvalue weighted by atomic mass is 19.2. The number of allylic oxidation sites excluding steroid dienone is 4. The summed E-state index contributed by atoms with van der Waals surface area (Å²) in [4.78, 5) is 0. The molecule has 3 aromatic rings. The average Bonchev–Trinajstić information content (AvgIpc) is 2.86. The summed E-state index contributed by atoms with van der Waals surface area (Å²) < 4.78 is 44.2. The molecule has 1 aliphatic rings. The highest BCUT2D eigenvalue weighted by Gasteiger charge is 2.17. The topological polar surface area (TPSA) is 0 Å². The van der Waals surface area contributed by atoms with Crippen LogP contribution in [0.4, 0.5) is 13.2 Å². The minimum atomic E-state index is -0.840. The first-order chi connectivity index (χ1) is 16.5. The number of halogens is 3. The first-order valence-corrected chi connectivity index (χ1v) is 12.2. The van der Waals surface area contributed by atoms with E-state index in [1.54, 1.807) is 30.3 Å². The van der Waals surface area contributed by atoms with Crippen LogP contribution in [0.2, 0.25) is 0 Å². The molecule has 3 aromatic carbocycles. The van der Waals surface area contributed by atoms with Gasteiger partial charge in [-0.25, -0.2) is 13.2 Å². The summed E-state index contributed by atoms with van der Waals surface area (Å²) in [6.07, 6.45) is 8.92. The number of aryl methyl sites for hydroxylation is 2. The van der Waals surface area contributed by atoms with Crippen LogP contribution in [0.1, 0.15) is 50.7 Å². The number of benzene rings is 3. The van der Waals surface area contributed by atoms with Gasteiger partial charge in [0.1, 0.15) is 5.83 Å². The smallest absolute Gasteiger partial charge is 0.167 e. The van der Waals surface area contributed by atoms with Gasteiger partial charge in [0.15, 0.2) is 11.6 Å². The molecule has 0 amide bonds. The molecule has 3 heteroatoms. The minimum Gasteiger partial charge on any atom is -0.207 e. The Kier molecular flexibility index (Phi) is 7.72. The molecule has 4 rings (SSSR count). The molecule has 0 aromatic heterocycles. The van der Waals surface area contributed by atoms with Crippen molar-refractivity contribution in [1.29, 1.82) is 0 Å². The van der Waals surface area contributed by atoms with Gasteiger partial charge in [0.25, 0.3) is 0 Å². The van der Waals surface area contributed by atoms with Gasteiger partial charge in [-0.05, 0) is 71.9 Å². The van der Waals surface area contributed by atoms with Gasteiger partial charge in [0, 0.05) is 11.1 Å². The molecule has 34 heavy (non-hydrogen) atoms. The van der Waals surface area contributed by atoms with Crippen LogP contribution < -0.4 is 0 Å². The zero-order chi connectivity index (χ0) is 24.1. The fraction of sp³-hybridized carbons (Fsp3) is 0.290. The summed E-state index contributed by atoms with van der Waals surface area (Å²) in [7, 11) is 0. The van der Waals surface area contributed by atoms with Gasteiger partial charge in [-0.3, -0.25) is 0 Å². The Morgan fingerprint density at radius 3 is 1.68 bits per heavy atom. The Hall–Kier alpha value is -3.07. The third-order valence-electron chi connectivity index (χ3n) is 6.71. The molecule has 0 spiro atoms. The van der Waals surface area contributed by atoms with Crippen LogP contribution in [0.15, 0.2) is 84.2 Å². The second-order valence-electron chi connectivity index (χ2n) is 9.08. The summed E-state index contributed by atoms with van der Waals surface area (Å²) in [5.41, 5.74) is 4.79. The summed E-state index contributed by atoms with van der Waals surface area (Å²) in [5, 5.41) is 0. The van der Waals surface area contributed by atoms with E-state index in [0.29, 0.717) is 29.9 Å². The SMILES string of the molecule is CCCc1ccc(-c2ccc(-c3ccc(CCC4=CC[C@H](CC)C=C4F)cc3)c(F)c2F)cc1. The lowest BCUT2D eigenvalue weighted by Crippen LogP contribution is -2.02. The fourth-order valence-corrected chi connectivity index (χ4v) is 4.54. The van der Waals surface area contributed by atoms with Crippen molar-refractivity contribution < 1.29 is 13.2 Å². The van der Waals surface area contributed by atoms with Gasteiger partial charge >= 0.3 is 0 Å². The maximum Gasteiger partial charge on any atom is 0.167 e. The van der Waals surface area contributed by atoms with Gasteiger partial charge in [-0.15, -0.1) is 0 Å². The van der Waals surface area contributed by atoms with Crippen molar-refractivity contribution in [3.05, 3.63) is 107 Å². The van der Waals surface area contributed by atoms with Crippen molar-refractivity contribution in [2.75, 3.05) is 0 Å². The maximum absolute atomic E-state index is 15.0. The van der Waals surface area contributed by atoms with Crippen LogP contribution >= 0.6 is 0 Å². The lowest BCUT2D eigenvalue weighted by Gasteiger charge is -2.16. The van der Waals surface area contributed by atoms with Gasteiger partial charge in [-0.1, -0.05) is 87.0 Å². The molecule has 0 unspecified atom stereocenters. The normalized spacial score (nSPS) is 15.7. The van der Waals surface area contributed by atoms with E-state index in [-0.39, 0.29) is 17.0 Å². The van der Waals surface area contributed by atoms with Crippen molar-refractivity contribution in [2.45, 2.75) is 52.4 Å². The van der Waals surface area contributed by atoms with Crippen molar-refractivity contribution in [2.24, 2.45) is 5.92 Å². The van der Waals surface area contributed by atoms with E-state index in [1.807, 2.05) is 42.5 Å². The monoisotopic (exact) mass is 460 g/mol. The lowest BCUT2D eigenvalue weighted by atomic mass is 9.91. The minimum absolute atomic E-state index is 0.104. The fourth-order valence-electron chi connectivity index (χ4n) is 4.54. The van der Waals surface area contributed by atoms with E-state index in [0.717, 1.165) is 36.8 Å². The van der Waals surface area contributed by atoms with E-state index >= 15 is 0 Å². The third-order valence-corrected chi connectivity index (χ3v) is 6.71. The summed E-state index contributed by atoms with van der Waals surface area (Å²) in [6, 6.07) is 18.3. The van der Waals surface area contributed by atoms with Gasteiger partial charge in [0.2, 0.25) is 0 Å². The molecule has 0 bridgehead atoms. The highest BCUT2D eigenvalue weighted by molar-refractivity contribution is 5.72. The van der Waals surface area contributed by atoms with E-state index in [2.05, 4.69) is 13.8 Å². The summed E-state index contributed by atoms with van der Waals surface area (Å²) in [5.74, 6) is -1.48. The van der Waals surface area contributed by atoms with Crippen LogP contribution in [-0.4, -0.2) is 0 Å². The standard InChI is InChI=1S/C31H31F3/c1-3-5-22-7-12-24(13-8-22)27-18-19-28(31(34)30(27)33)25-14-9-23(10-15-25)11-17-26-16-6-21(4-2)20-29(26)32/h7-10,12-16,18-21H,3-6,11,17H2,1-2H3/t21-/m0/s1. The Balaban J connectivity index is 1.47. The van der Waals surface area contributed by atoms with Crippen LogP contribution in [0.5, 0.6) is 0 Å². The Bertz CT molecular complexity index is 1180. The zero-order valence-electron chi connectivity index (χ0n) is 19.9. The lowest BCUT2D eigenvalue weighted by molar-refractivity contribution is 0.514. The number of rotatable bonds is 8. The molecule has 0 radical (unpaired) electrons. The Morgan fingerprint density at radius 1 is 0.676 bits per heavy atom. The first kappa shape index (κ1) is 24.1. The Labute approximate surface area is 200 Å². The summed E-state index contributed by atoms with van der Waals surface area (Å²) in [6.45, 7) is 4.18. The van der Waals surface area contributed by atoms with Crippen LogP contribution in [0.3, 0.4) is 0 Å². The van der Waals surface area contributed by atoms with E-state index in [1.165, 1.54) is 5.56 Å². The zero-order valence-corrected chi connectivity index (χ0v) is 19.9. The second-order valence-corrected chi connectivity index (χ2v) is 9.08. The largest absolute Gasteiger partial charge is 0.207 e. The quantitative estimate of drug-likeness (QED) is 0.314. The van der Waals surface area contributed by atoms with Crippen LogP contribution in [0.25, 0.3) is 22.3 Å². The molecule has 0 nitrogen and oxygen atoms in total. The molecule has 0 N–H and O–H groups in total.